The average Bonchev–Trinajstić information content (AvgIpc) is 2.46. The summed E-state index contributed by atoms with van der Waals surface area (Å²) in [5.41, 5.74) is 1.34. The monoisotopic (exact) mass is 298 g/mol. The van der Waals surface area contributed by atoms with E-state index in [1.54, 1.807) is 12.1 Å². The van der Waals surface area contributed by atoms with Crippen LogP contribution in [0.25, 0.3) is 0 Å². The molecule has 0 bridgehead atoms. The molecular weight excluding hydrogens is 280 g/mol. The number of nitro benzene ring substituents is 1. The minimum atomic E-state index is -0.551. The lowest BCUT2D eigenvalue weighted by Crippen LogP contribution is -2.19. The predicted octanol–water partition coefficient (Wildman–Crippen LogP) is 4.14. The van der Waals surface area contributed by atoms with Crippen LogP contribution in [-0.2, 0) is 5.41 Å². The Labute approximate surface area is 129 Å². The van der Waals surface area contributed by atoms with Gasteiger partial charge in [-0.2, -0.15) is 0 Å². The predicted molar refractivity (Wildman–Crippen MR) is 86.2 cm³/mol. The van der Waals surface area contributed by atoms with E-state index in [1.165, 1.54) is 18.2 Å². The van der Waals surface area contributed by atoms with Gasteiger partial charge in [-0.1, -0.05) is 51.1 Å². The number of carbonyl (C=O) groups excluding carboxylic acids is 1. The highest BCUT2D eigenvalue weighted by Crippen LogP contribution is 2.30. The maximum absolute atomic E-state index is 12.4. The number of rotatable bonds is 3. The van der Waals surface area contributed by atoms with E-state index in [0.717, 1.165) is 5.56 Å². The lowest BCUT2D eigenvalue weighted by atomic mass is 9.86. The lowest BCUT2D eigenvalue weighted by Gasteiger charge is -2.23. The number of nitrogens with zero attached hydrogens (tertiary/aromatic N) is 1. The van der Waals surface area contributed by atoms with Crippen molar-refractivity contribution in [1.29, 1.82) is 0 Å². The molecule has 2 aromatic carbocycles. The van der Waals surface area contributed by atoms with E-state index in [4.69, 9.17) is 0 Å². The maximum Gasteiger partial charge on any atom is 0.282 e. The van der Waals surface area contributed by atoms with Gasteiger partial charge >= 0.3 is 0 Å². The van der Waals surface area contributed by atoms with Crippen molar-refractivity contribution >= 4 is 17.3 Å². The second kappa shape index (κ2) is 5.97. The Kier molecular flexibility index (Phi) is 4.26. The molecule has 5 heteroatoms. The zero-order valence-corrected chi connectivity index (χ0v) is 12.8. The third kappa shape index (κ3) is 3.31. The third-order valence-corrected chi connectivity index (χ3v) is 3.33. The molecule has 0 atom stereocenters. The highest BCUT2D eigenvalue weighted by Gasteiger charge is 2.22. The number of anilines is 1. The van der Waals surface area contributed by atoms with Crippen LogP contribution in [0.5, 0.6) is 0 Å². The van der Waals surface area contributed by atoms with E-state index in [-0.39, 0.29) is 16.7 Å². The molecule has 0 aliphatic rings. The quantitative estimate of drug-likeness (QED) is 0.683. The van der Waals surface area contributed by atoms with Crippen molar-refractivity contribution < 1.29 is 9.72 Å². The summed E-state index contributed by atoms with van der Waals surface area (Å²) in [7, 11) is 0. The lowest BCUT2D eigenvalue weighted by molar-refractivity contribution is -0.385. The fourth-order valence-corrected chi connectivity index (χ4v) is 2.26. The van der Waals surface area contributed by atoms with Gasteiger partial charge < -0.3 is 5.32 Å². The van der Waals surface area contributed by atoms with Crippen LogP contribution >= 0.6 is 0 Å². The third-order valence-electron chi connectivity index (χ3n) is 3.33. The number of hydrogen-bond donors (Lipinski definition) is 1. The smallest absolute Gasteiger partial charge is 0.282 e. The molecule has 0 saturated carbocycles. The van der Waals surface area contributed by atoms with Crippen molar-refractivity contribution in [1.82, 2.24) is 0 Å². The van der Waals surface area contributed by atoms with Crippen LogP contribution in [0.4, 0.5) is 11.4 Å². The normalized spacial score (nSPS) is 11.0. The number of nitro groups is 1. The summed E-state index contributed by atoms with van der Waals surface area (Å²) in [5, 5.41) is 13.8. The number of carbonyl (C=O) groups is 1. The Hall–Kier alpha value is -2.69. The first-order valence-electron chi connectivity index (χ1n) is 6.95. The molecule has 2 rings (SSSR count). The fourth-order valence-electron chi connectivity index (χ4n) is 2.26. The summed E-state index contributed by atoms with van der Waals surface area (Å²) in [5.74, 6) is -0.482. The van der Waals surface area contributed by atoms with Gasteiger partial charge in [-0.15, -0.1) is 0 Å². The van der Waals surface area contributed by atoms with Crippen LogP contribution in [0.15, 0.2) is 48.5 Å². The highest BCUT2D eigenvalue weighted by atomic mass is 16.6. The maximum atomic E-state index is 12.4. The molecule has 0 spiro atoms. The van der Waals surface area contributed by atoms with Gasteiger partial charge in [0.2, 0.25) is 0 Å². The molecule has 1 N–H and O–H groups in total. The van der Waals surface area contributed by atoms with Crippen LogP contribution in [0, 0.1) is 10.1 Å². The molecule has 114 valence electrons. The van der Waals surface area contributed by atoms with Crippen molar-refractivity contribution in [3.63, 3.8) is 0 Å². The van der Waals surface area contributed by atoms with Crippen molar-refractivity contribution in [2.75, 3.05) is 5.32 Å². The standard InChI is InChI=1S/C17H18N2O3/c1-17(2,3)13-9-5-6-10-14(13)18-16(20)12-8-4-7-11-15(12)19(21)22/h4-11H,1-3H3,(H,18,20). The number of nitrogens with one attached hydrogen (secondary N) is 1. The summed E-state index contributed by atoms with van der Waals surface area (Å²) >= 11 is 0. The summed E-state index contributed by atoms with van der Waals surface area (Å²) in [6, 6.07) is 13.4. The zero-order chi connectivity index (χ0) is 16.3. The van der Waals surface area contributed by atoms with Crippen molar-refractivity contribution in [2.45, 2.75) is 26.2 Å². The van der Waals surface area contributed by atoms with Gasteiger partial charge in [0.1, 0.15) is 5.56 Å². The van der Waals surface area contributed by atoms with Gasteiger partial charge in [0.05, 0.1) is 4.92 Å². The molecule has 5 nitrogen and oxygen atoms in total. The first-order chi connectivity index (χ1) is 10.3. The van der Waals surface area contributed by atoms with Crippen molar-refractivity contribution in [2.24, 2.45) is 0 Å². The molecule has 0 aromatic heterocycles. The Balaban J connectivity index is 2.37. The van der Waals surface area contributed by atoms with E-state index in [1.807, 2.05) is 39.0 Å². The van der Waals surface area contributed by atoms with Crippen LogP contribution < -0.4 is 5.32 Å². The molecule has 0 radical (unpaired) electrons. The molecule has 0 unspecified atom stereocenters. The second-order valence-electron chi connectivity index (χ2n) is 6.02. The average molecular weight is 298 g/mol. The second-order valence-corrected chi connectivity index (χ2v) is 6.02. The minimum absolute atomic E-state index is 0.0520. The first kappa shape index (κ1) is 15.7. The summed E-state index contributed by atoms with van der Waals surface area (Å²) in [6.45, 7) is 6.13. The fraction of sp³-hybridized carbons (Fsp3) is 0.235. The largest absolute Gasteiger partial charge is 0.321 e. The van der Waals surface area contributed by atoms with Crippen LogP contribution in [0.1, 0.15) is 36.7 Å². The molecular formula is C17H18N2O3. The first-order valence-corrected chi connectivity index (χ1v) is 6.95. The molecule has 22 heavy (non-hydrogen) atoms. The molecule has 0 heterocycles. The van der Waals surface area contributed by atoms with E-state index in [2.05, 4.69) is 5.32 Å². The Morgan fingerprint density at radius 3 is 2.27 bits per heavy atom. The Morgan fingerprint density at radius 2 is 1.64 bits per heavy atom. The minimum Gasteiger partial charge on any atom is -0.321 e. The van der Waals surface area contributed by atoms with E-state index in [0.29, 0.717) is 5.69 Å². The van der Waals surface area contributed by atoms with E-state index in [9.17, 15) is 14.9 Å². The van der Waals surface area contributed by atoms with Gasteiger partial charge in [0, 0.05) is 11.8 Å². The van der Waals surface area contributed by atoms with Crippen molar-refractivity contribution in [3.05, 3.63) is 69.8 Å². The molecule has 2 aromatic rings. The topological polar surface area (TPSA) is 72.2 Å². The van der Waals surface area contributed by atoms with Crippen LogP contribution in [0.3, 0.4) is 0 Å². The van der Waals surface area contributed by atoms with Gasteiger partial charge in [0.25, 0.3) is 11.6 Å². The summed E-state index contributed by atoms with van der Waals surface area (Å²) < 4.78 is 0. The summed E-state index contributed by atoms with van der Waals surface area (Å²) in [6.07, 6.45) is 0. The van der Waals surface area contributed by atoms with Crippen LogP contribution in [0.2, 0.25) is 0 Å². The molecule has 0 fully saturated rings. The van der Waals surface area contributed by atoms with Gasteiger partial charge in [0.15, 0.2) is 0 Å². The van der Waals surface area contributed by atoms with Gasteiger partial charge in [-0.25, -0.2) is 0 Å². The number of para-hydroxylation sites is 2. The van der Waals surface area contributed by atoms with Gasteiger partial charge in [-0.3, -0.25) is 14.9 Å². The molecule has 1 amide bonds. The van der Waals surface area contributed by atoms with Gasteiger partial charge in [-0.05, 0) is 23.1 Å². The Morgan fingerprint density at radius 1 is 1.05 bits per heavy atom. The highest BCUT2D eigenvalue weighted by molar-refractivity contribution is 6.07. The zero-order valence-electron chi connectivity index (χ0n) is 12.8. The number of amides is 1. The number of hydrogen-bond acceptors (Lipinski definition) is 3. The van der Waals surface area contributed by atoms with Crippen LogP contribution in [-0.4, -0.2) is 10.8 Å². The summed E-state index contributed by atoms with van der Waals surface area (Å²) in [4.78, 5) is 22.9. The SMILES string of the molecule is CC(C)(C)c1ccccc1NC(=O)c1ccccc1[N+](=O)[O-]. The molecule has 0 saturated heterocycles. The Bertz CT molecular complexity index is 718. The molecule has 0 aliphatic heterocycles. The van der Waals surface area contributed by atoms with E-state index < -0.39 is 10.8 Å². The molecule has 0 aliphatic carbocycles. The van der Waals surface area contributed by atoms with E-state index >= 15 is 0 Å². The van der Waals surface area contributed by atoms with Crippen molar-refractivity contribution in [3.8, 4) is 0 Å². The number of benzene rings is 2.